The lowest BCUT2D eigenvalue weighted by molar-refractivity contribution is -0.144. The van der Waals surface area contributed by atoms with E-state index in [2.05, 4.69) is 57.0 Å². The lowest BCUT2D eigenvalue weighted by Crippen LogP contribution is -2.31. The van der Waals surface area contributed by atoms with Gasteiger partial charge in [0.1, 0.15) is 17.6 Å². The molecule has 0 amide bonds. The smallest absolute Gasteiger partial charge is 0.338 e. The van der Waals surface area contributed by atoms with Gasteiger partial charge in [0.15, 0.2) is 0 Å². The molecule has 42 heavy (non-hydrogen) atoms. The molecule has 2 aliphatic rings. The van der Waals surface area contributed by atoms with Gasteiger partial charge in [-0.3, -0.25) is 0 Å². The first-order valence-corrected chi connectivity index (χ1v) is 14.0. The van der Waals surface area contributed by atoms with Crippen LogP contribution in [0, 0.1) is 13.8 Å². The van der Waals surface area contributed by atoms with E-state index in [1.54, 1.807) is 26.8 Å². The molecule has 2 unspecified atom stereocenters. The highest BCUT2D eigenvalue weighted by molar-refractivity contribution is 5.89. The zero-order valence-electron chi connectivity index (χ0n) is 25.3. The largest absolute Gasteiger partial charge is 0.454 e. The van der Waals surface area contributed by atoms with Gasteiger partial charge in [0.25, 0.3) is 0 Å². The predicted molar refractivity (Wildman–Crippen MR) is 163 cm³/mol. The van der Waals surface area contributed by atoms with Crippen LogP contribution in [-0.2, 0) is 40.4 Å². The van der Waals surface area contributed by atoms with Crippen molar-refractivity contribution in [3.05, 3.63) is 118 Å². The maximum atomic E-state index is 12.6. The monoisotopic (exact) mass is 566 g/mol. The van der Waals surface area contributed by atoms with Crippen molar-refractivity contribution >= 4 is 17.9 Å². The zero-order valence-corrected chi connectivity index (χ0v) is 25.3. The second kappa shape index (κ2) is 11.8. The lowest BCUT2D eigenvalue weighted by atomic mass is 9.72. The highest BCUT2D eigenvalue weighted by Gasteiger charge is 2.38. The molecule has 0 aliphatic heterocycles. The number of aryl methyl sites for hydroxylation is 3. The first-order valence-electron chi connectivity index (χ1n) is 14.0. The van der Waals surface area contributed by atoms with E-state index in [1.165, 1.54) is 5.56 Å². The van der Waals surface area contributed by atoms with Crippen LogP contribution in [0.3, 0.4) is 0 Å². The molecule has 6 nitrogen and oxygen atoms in total. The molecule has 0 N–H and O–H groups in total. The number of benzene rings is 2. The number of ether oxygens (including phenoxy) is 3. The number of carbonyl (C=O) groups is 3. The number of hydrogen-bond donors (Lipinski definition) is 0. The minimum atomic E-state index is -0.711. The van der Waals surface area contributed by atoms with Crippen LogP contribution in [-0.4, -0.2) is 17.9 Å². The van der Waals surface area contributed by atoms with Crippen molar-refractivity contribution in [2.24, 2.45) is 0 Å². The third kappa shape index (κ3) is 6.08. The maximum Gasteiger partial charge on any atom is 0.338 e. The van der Waals surface area contributed by atoms with Crippen LogP contribution >= 0.6 is 0 Å². The highest BCUT2D eigenvalue weighted by Crippen LogP contribution is 2.44. The molecule has 0 radical (unpaired) electrons. The van der Waals surface area contributed by atoms with E-state index < -0.39 is 17.4 Å². The van der Waals surface area contributed by atoms with Gasteiger partial charge in [0.05, 0.1) is 5.41 Å². The van der Waals surface area contributed by atoms with Crippen LogP contribution in [0.4, 0.5) is 0 Å². The number of allylic oxidation sites excluding steroid dienone is 3. The van der Waals surface area contributed by atoms with Gasteiger partial charge in [-0.1, -0.05) is 44.0 Å². The summed E-state index contributed by atoms with van der Waals surface area (Å²) in [6, 6.07) is 10.6. The molecule has 2 aliphatic carbocycles. The maximum absolute atomic E-state index is 12.6. The molecular formula is C36H38O6. The fourth-order valence-electron chi connectivity index (χ4n) is 5.40. The average Bonchev–Trinajstić information content (AvgIpc) is 3.33. The first kappa shape index (κ1) is 30.5. The van der Waals surface area contributed by atoms with Crippen molar-refractivity contribution in [1.29, 1.82) is 0 Å². The van der Waals surface area contributed by atoms with Crippen LogP contribution in [0.25, 0.3) is 11.1 Å². The molecule has 0 saturated heterocycles. The van der Waals surface area contributed by atoms with Gasteiger partial charge in [-0.05, 0) is 112 Å². The van der Waals surface area contributed by atoms with Crippen molar-refractivity contribution in [3.63, 3.8) is 0 Å². The van der Waals surface area contributed by atoms with E-state index >= 15 is 0 Å². The van der Waals surface area contributed by atoms with Gasteiger partial charge in [-0.15, -0.1) is 0 Å². The Kier molecular flexibility index (Phi) is 8.58. The van der Waals surface area contributed by atoms with Crippen LogP contribution in [0.2, 0.25) is 0 Å². The van der Waals surface area contributed by atoms with E-state index in [9.17, 15) is 14.4 Å². The third-order valence-corrected chi connectivity index (χ3v) is 7.88. The average molecular weight is 567 g/mol. The molecule has 0 saturated carbocycles. The number of esters is 3. The Morgan fingerprint density at radius 2 is 1.50 bits per heavy atom. The Morgan fingerprint density at radius 1 is 0.857 bits per heavy atom. The van der Waals surface area contributed by atoms with Crippen LogP contribution in [0.15, 0.2) is 90.5 Å². The molecule has 2 aromatic rings. The van der Waals surface area contributed by atoms with Crippen molar-refractivity contribution in [2.75, 3.05) is 0 Å². The topological polar surface area (TPSA) is 78.9 Å². The summed E-state index contributed by atoms with van der Waals surface area (Å²) in [5, 5.41) is 0. The summed E-state index contributed by atoms with van der Waals surface area (Å²) in [5.74, 6) is -0.799. The normalized spacial score (nSPS) is 19.1. The number of rotatable bonds is 8. The van der Waals surface area contributed by atoms with Crippen LogP contribution in [0.1, 0.15) is 74.5 Å². The van der Waals surface area contributed by atoms with Crippen LogP contribution < -0.4 is 0 Å². The Bertz CT molecular complexity index is 1600. The highest BCUT2D eigenvalue weighted by atomic mass is 16.6. The molecule has 218 valence electrons. The Balaban J connectivity index is 1.71. The second-order valence-electron chi connectivity index (χ2n) is 11.6. The minimum absolute atomic E-state index is 0.264. The Hall–Kier alpha value is -4.45. The third-order valence-electron chi connectivity index (χ3n) is 7.88. The van der Waals surface area contributed by atoms with E-state index in [0.717, 1.165) is 46.2 Å². The van der Waals surface area contributed by atoms with Gasteiger partial charge >= 0.3 is 17.9 Å². The van der Waals surface area contributed by atoms with Gasteiger partial charge in [-0.25, -0.2) is 14.4 Å². The van der Waals surface area contributed by atoms with Gasteiger partial charge in [-0.2, -0.15) is 0 Å². The Labute approximate surface area is 248 Å². The SMILES string of the molecule is C=C(C)C(=O)OC1=CCC(C)(c2cc(C)c(-c3ccc4c(c3)C(OC(=O)C(=C)C)CC4)cc2C)C(OC(=O)C(=C)C)=C1. The van der Waals surface area contributed by atoms with Gasteiger partial charge in [0, 0.05) is 22.8 Å². The quantitative estimate of drug-likeness (QED) is 0.185. The second-order valence-corrected chi connectivity index (χ2v) is 11.6. The van der Waals surface area contributed by atoms with Crippen LogP contribution in [0.5, 0.6) is 0 Å². The number of fused-ring (bicyclic) bond motifs is 1. The fraction of sp³-hybridized carbons (Fsp3) is 0.306. The van der Waals surface area contributed by atoms with Crippen molar-refractivity contribution in [2.45, 2.75) is 72.3 Å². The summed E-state index contributed by atoms with van der Waals surface area (Å²) in [6.45, 7) is 22.0. The van der Waals surface area contributed by atoms with E-state index in [0.29, 0.717) is 23.5 Å². The molecule has 0 spiro atoms. The molecule has 0 fully saturated rings. The summed E-state index contributed by atoms with van der Waals surface area (Å²) in [6.07, 6.45) is 5.18. The molecular weight excluding hydrogens is 528 g/mol. The molecule has 0 bridgehead atoms. The van der Waals surface area contributed by atoms with E-state index in [-0.39, 0.29) is 23.2 Å². The van der Waals surface area contributed by atoms with Crippen molar-refractivity contribution in [1.82, 2.24) is 0 Å². The predicted octanol–water partition coefficient (Wildman–Crippen LogP) is 7.74. The molecule has 0 heterocycles. The summed E-state index contributed by atoms with van der Waals surface area (Å²) in [7, 11) is 0. The Morgan fingerprint density at radius 3 is 2.14 bits per heavy atom. The van der Waals surface area contributed by atoms with Gasteiger partial charge in [0.2, 0.25) is 0 Å². The molecule has 4 rings (SSSR count). The summed E-state index contributed by atoms with van der Waals surface area (Å²) >= 11 is 0. The molecule has 2 atom stereocenters. The minimum Gasteiger partial charge on any atom is -0.454 e. The van der Waals surface area contributed by atoms with E-state index in [4.69, 9.17) is 14.2 Å². The van der Waals surface area contributed by atoms with Crippen molar-refractivity contribution < 1.29 is 28.6 Å². The van der Waals surface area contributed by atoms with Crippen molar-refractivity contribution in [3.8, 4) is 11.1 Å². The summed E-state index contributed by atoms with van der Waals surface area (Å²) in [4.78, 5) is 37.0. The first-order chi connectivity index (χ1) is 19.7. The summed E-state index contributed by atoms with van der Waals surface area (Å²) < 4.78 is 17.0. The lowest BCUT2D eigenvalue weighted by Gasteiger charge is -2.35. The molecule has 6 heteroatoms. The summed E-state index contributed by atoms with van der Waals surface area (Å²) in [5.41, 5.74) is 7.56. The zero-order chi connectivity index (χ0) is 30.9. The van der Waals surface area contributed by atoms with Gasteiger partial charge < -0.3 is 14.2 Å². The fourth-order valence-corrected chi connectivity index (χ4v) is 5.40. The number of carbonyl (C=O) groups excluding carboxylic acids is 3. The number of hydrogen-bond acceptors (Lipinski definition) is 6. The van der Waals surface area contributed by atoms with E-state index in [1.807, 2.05) is 19.9 Å². The molecule has 2 aromatic carbocycles. The molecule has 0 aromatic heterocycles. The standard InChI is InChI=1S/C36H38O6/c1-20(2)33(37)40-27-14-15-36(9,32(19-27)42-35(39)22(5)6)30-17-23(7)28(16-24(30)8)26-11-10-25-12-13-31(29(25)18-26)41-34(38)21(3)4/h10-11,14,16-19,31H,1,3,5,12-13,15H2,2,4,6-9H3.